The number of nitrogens with zero attached hydrogens (tertiary/aromatic N) is 4. The average molecular weight is 459 g/mol. The number of rotatable bonds is 16. The van der Waals surface area contributed by atoms with Crippen molar-refractivity contribution in [2.75, 3.05) is 13.1 Å². The van der Waals surface area contributed by atoms with Crippen molar-refractivity contribution >= 4 is 10.0 Å². The lowest BCUT2D eigenvalue weighted by atomic mass is 9.84. The molecule has 32 heavy (non-hydrogen) atoms. The van der Waals surface area contributed by atoms with E-state index in [1.165, 1.54) is 0 Å². The Morgan fingerprint density at radius 2 is 1.34 bits per heavy atom. The van der Waals surface area contributed by atoms with Crippen LogP contribution in [0.2, 0.25) is 0 Å². The monoisotopic (exact) mass is 458 g/mol. The molecule has 0 radical (unpaired) electrons. The summed E-state index contributed by atoms with van der Waals surface area (Å²) in [7, 11) is -3.65. The molecule has 2 atom stereocenters. The van der Waals surface area contributed by atoms with Crippen molar-refractivity contribution in [3.63, 3.8) is 0 Å². The fourth-order valence-corrected chi connectivity index (χ4v) is 6.18. The number of hydrogen-bond acceptors (Lipinski definition) is 5. The van der Waals surface area contributed by atoms with Gasteiger partial charge >= 0.3 is 0 Å². The van der Waals surface area contributed by atoms with E-state index >= 15 is 0 Å². The summed E-state index contributed by atoms with van der Waals surface area (Å²) in [6.07, 6.45) is 15.5. The Morgan fingerprint density at radius 1 is 0.875 bits per heavy atom. The van der Waals surface area contributed by atoms with Crippen molar-refractivity contribution in [3.05, 3.63) is 23.8 Å². The van der Waals surface area contributed by atoms with Crippen LogP contribution in [0, 0.1) is 39.9 Å². The maximum Gasteiger partial charge on any atom is 0.223 e. The molecule has 0 amide bonds. The Labute approximate surface area is 195 Å². The Balaban J connectivity index is 2.78. The van der Waals surface area contributed by atoms with E-state index in [2.05, 4.69) is 18.2 Å². The molecule has 6 nitrogen and oxygen atoms in total. The molecule has 0 aromatic rings. The first-order valence-corrected chi connectivity index (χ1v) is 13.3. The lowest BCUT2D eigenvalue weighted by Crippen LogP contribution is -2.50. The van der Waals surface area contributed by atoms with Crippen LogP contribution in [0.4, 0.5) is 0 Å². The summed E-state index contributed by atoms with van der Waals surface area (Å²) in [4.78, 5) is 0. The van der Waals surface area contributed by atoms with Gasteiger partial charge in [-0.2, -0.15) is 15.8 Å². The minimum absolute atomic E-state index is 0.401. The van der Waals surface area contributed by atoms with Crippen LogP contribution in [-0.2, 0) is 10.0 Å². The van der Waals surface area contributed by atoms with E-state index < -0.39 is 20.7 Å². The van der Waals surface area contributed by atoms with Crippen LogP contribution >= 0.6 is 0 Å². The summed E-state index contributed by atoms with van der Waals surface area (Å²) in [5, 5.41) is 26.7. The van der Waals surface area contributed by atoms with Crippen LogP contribution in [0.1, 0.15) is 90.9 Å². The first kappa shape index (κ1) is 27.9. The van der Waals surface area contributed by atoms with Gasteiger partial charge in [-0.05, 0) is 38.7 Å². The second-order valence-corrected chi connectivity index (χ2v) is 11.1. The maximum absolute atomic E-state index is 13.8. The number of sulfonamides is 1. The summed E-state index contributed by atoms with van der Waals surface area (Å²) in [5.41, 5.74) is 0.494. The van der Waals surface area contributed by atoms with E-state index in [-0.39, 0.29) is 0 Å². The van der Waals surface area contributed by atoms with Crippen molar-refractivity contribution in [1.82, 2.24) is 4.31 Å². The first-order valence-electron chi connectivity index (χ1n) is 11.9. The van der Waals surface area contributed by atoms with Gasteiger partial charge < -0.3 is 0 Å². The van der Waals surface area contributed by atoms with Gasteiger partial charge in [0.15, 0.2) is 0 Å². The molecule has 7 heteroatoms. The van der Waals surface area contributed by atoms with Crippen molar-refractivity contribution < 1.29 is 8.42 Å². The van der Waals surface area contributed by atoms with Gasteiger partial charge in [-0.15, -0.1) is 0 Å². The van der Waals surface area contributed by atoms with E-state index in [0.717, 1.165) is 64.2 Å². The fourth-order valence-electron chi connectivity index (χ4n) is 4.06. The predicted molar refractivity (Wildman–Crippen MR) is 128 cm³/mol. The van der Waals surface area contributed by atoms with Gasteiger partial charge in [-0.25, -0.2) is 12.7 Å². The highest BCUT2D eigenvalue weighted by Crippen LogP contribution is 2.38. The van der Waals surface area contributed by atoms with Crippen molar-refractivity contribution in [2.24, 2.45) is 5.92 Å². The number of nitriles is 3. The van der Waals surface area contributed by atoms with E-state index in [9.17, 15) is 13.7 Å². The standard InChI is InChI=1S/C25H38N4O2S/c1-23-24(22-28)16-15-17-25(23,2)32(30,31)29(20-13-9-5-3-7-11-18-26)21-14-10-6-4-8-12-19-27/h15-17,23H,3-14,20-21H2,1-2H3. The van der Waals surface area contributed by atoms with Crippen LogP contribution in [-0.4, -0.2) is 30.6 Å². The van der Waals surface area contributed by atoms with Gasteiger partial charge in [0.1, 0.15) is 4.75 Å². The molecule has 1 rings (SSSR count). The summed E-state index contributed by atoms with van der Waals surface area (Å²) in [6, 6.07) is 6.47. The van der Waals surface area contributed by atoms with Gasteiger partial charge in [0.05, 0.1) is 18.2 Å². The predicted octanol–water partition coefficient (Wildman–Crippen LogP) is 5.76. The Morgan fingerprint density at radius 3 is 1.81 bits per heavy atom. The molecule has 1 aliphatic rings. The quantitative estimate of drug-likeness (QED) is 0.273. The van der Waals surface area contributed by atoms with E-state index in [1.807, 2.05) is 6.92 Å². The van der Waals surface area contributed by atoms with Crippen LogP contribution in [0.15, 0.2) is 23.8 Å². The number of hydrogen-bond donors (Lipinski definition) is 0. The second-order valence-electron chi connectivity index (χ2n) is 8.75. The van der Waals surface area contributed by atoms with Gasteiger partial charge in [0.2, 0.25) is 10.0 Å². The van der Waals surface area contributed by atoms with Gasteiger partial charge in [0, 0.05) is 37.4 Å². The largest absolute Gasteiger partial charge is 0.223 e. The molecule has 0 aromatic carbocycles. The molecule has 0 fully saturated rings. The van der Waals surface area contributed by atoms with Gasteiger partial charge in [-0.1, -0.05) is 57.6 Å². The summed E-state index contributed by atoms with van der Waals surface area (Å²) in [6.45, 7) is 4.51. The highest BCUT2D eigenvalue weighted by molar-refractivity contribution is 7.90. The molecular weight excluding hydrogens is 420 g/mol. The zero-order chi connectivity index (χ0) is 23.9. The Kier molecular flexibility index (Phi) is 12.9. The van der Waals surface area contributed by atoms with Gasteiger partial charge in [0.25, 0.3) is 0 Å². The highest BCUT2D eigenvalue weighted by atomic mass is 32.2. The molecule has 176 valence electrons. The third kappa shape index (κ3) is 8.09. The molecule has 0 aliphatic heterocycles. The van der Waals surface area contributed by atoms with Crippen LogP contribution in [0.3, 0.4) is 0 Å². The molecule has 0 bridgehead atoms. The lowest BCUT2D eigenvalue weighted by molar-refractivity contribution is 0.362. The van der Waals surface area contributed by atoms with Crippen LogP contribution < -0.4 is 0 Å². The molecule has 1 aliphatic carbocycles. The van der Waals surface area contributed by atoms with Crippen molar-refractivity contribution in [2.45, 2.75) is 95.6 Å². The molecule has 0 aromatic heterocycles. The third-order valence-corrected chi connectivity index (χ3v) is 9.09. The molecule has 0 saturated heterocycles. The van der Waals surface area contributed by atoms with Crippen molar-refractivity contribution in [3.8, 4) is 18.2 Å². The van der Waals surface area contributed by atoms with Gasteiger partial charge in [-0.3, -0.25) is 0 Å². The summed E-state index contributed by atoms with van der Waals surface area (Å²) >= 11 is 0. The fraction of sp³-hybridized carbons (Fsp3) is 0.720. The van der Waals surface area contributed by atoms with E-state index in [0.29, 0.717) is 31.5 Å². The van der Waals surface area contributed by atoms with Crippen LogP contribution in [0.25, 0.3) is 0 Å². The molecular formula is C25H38N4O2S. The molecule has 0 N–H and O–H groups in total. The minimum Gasteiger partial charge on any atom is -0.211 e. The maximum atomic E-state index is 13.8. The summed E-state index contributed by atoms with van der Waals surface area (Å²) < 4.78 is 28.0. The summed E-state index contributed by atoms with van der Waals surface area (Å²) in [5.74, 6) is -0.401. The Bertz CT molecular complexity index is 830. The number of unbranched alkanes of at least 4 members (excludes halogenated alkanes) is 10. The molecule has 0 spiro atoms. The normalized spacial score (nSPS) is 20.4. The SMILES string of the molecule is CC1C(C#N)=CC=CC1(C)S(=O)(=O)N(CCCCCCCC#N)CCCCCCCC#N. The third-order valence-electron chi connectivity index (χ3n) is 6.45. The van der Waals surface area contributed by atoms with Crippen molar-refractivity contribution in [1.29, 1.82) is 15.8 Å². The topological polar surface area (TPSA) is 109 Å². The molecule has 0 saturated carbocycles. The zero-order valence-corrected chi connectivity index (χ0v) is 20.5. The van der Waals surface area contributed by atoms with E-state index in [4.69, 9.17) is 10.5 Å². The van der Waals surface area contributed by atoms with Crippen LogP contribution in [0.5, 0.6) is 0 Å². The first-order chi connectivity index (χ1) is 15.3. The Hall–Kier alpha value is -2.14. The minimum atomic E-state index is -3.65. The molecule has 2 unspecified atom stereocenters. The lowest BCUT2D eigenvalue weighted by Gasteiger charge is -2.38. The highest BCUT2D eigenvalue weighted by Gasteiger charge is 2.47. The average Bonchev–Trinajstić information content (AvgIpc) is 2.78. The molecule has 0 heterocycles. The smallest absolute Gasteiger partial charge is 0.211 e. The van der Waals surface area contributed by atoms with E-state index in [1.54, 1.807) is 29.5 Å². The second kappa shape index (κ2) is 14.8. The zero-order valence-electron chi connectivity index (χ0n) is 19.7. The number of allylic oxidation sites excluding steroid dienone is 3.